The smallest absolute Gasteiger partial charge is 0.333 e. The number of nitrogens with zero attached hydrogens (tertiary/aromatic N) is 1. The van der Waals surface area contributed by atoms with Crippen LogP contribution in [0.15, 0.2) is 30.3 Å². The lowest BCUT2D eigenvalue weighted by atomic mass is 10.00. The normalized spacial score (nSPS) is 15.0. The molecule has 2 amide bonds. The van der Waals surface area contributed by atoms with Gasteiger partial charge in [-0.1, -0.05) is 37.3 Å². The lowest BCUT2D eigenvalue weighted by Crippen LogP contribution is -2.32. The molecular weight excluding hydrogens is 338 g/mol. The first-order valence-electron chi connectivity index (χ1n) is 8.72. The molecule has 0 aliphatic carbocycles. The first kappa shape index (κ1) is 19.6. The van der Waals surface area contributed by atoms with Crippen LogP contribution in [0.25, 0.3) is 0 Å². The van der Waals surface area contributed by atoms with Crippen molar-refractivity contribution in [2.45, 2.75) is 52.1 Å². The largest absolute Gasteiger partial charge is 0.461 e. The summed E-state index contributed by atoms with van der Waals surface area (Å²) in [6.07, 6.45) is 1.59. The molecule has 140 valence electrons. The highest BCUT2D eigenvalue weighted by Crippen LogP contribution is 2.17. The summed E-state index contributed by atoms with van der Waals surface area (Å²) in [4.78, 5) is 51.1. The number of rotatable bonds is 9. The Bertz CT molecular complexity index is 641. The lowest BCUT2D eigenvalue weighted by molar-refractivity contribution is -0.197. The van der Waals surface area contributed by atoms with Crippen molar-refractivity contribution in [1.82, 2.24) is 5.06 Å². The van der Waals surface area contributed by atoms with Gasteiger partial charge in [-0.15, -0.1) is 5.06 Å². The summed E-state index contributed by atoms with van der Waals surface area (Å²) in [5, 5.41) is 0.550. The molecule has 0 bridgehead atoms. The fourth-order valence-corrected chi connectivity index (χ4v) is 2.49. The van der Waals surface area contributed by atoms with Gasteiger partial charge in [0.2, 0.25) is 0 Å². The molecule has 0 unspecified atom stereocenters. The monoisotopic (exact) mass is 361 g/mol. The van der Waals surface area contributed by atoms with E-state index < -0.39 is 17.8 Å². The van der Waals surface area contributed by atoms with Crippen molar-refractivity contribution in [1.29, 1.82) is 0 Å². The summed E-state index contributed by atoms with van der Waals surface area (Å²) in [5.41, 5.74) is 0.933. The van der Waals surface area contributed by atoms with Crippen LogP contribution in [0.2, 0.25) is 0 Å². The molecule has 7 heteroatoms. The minimum atomic E-state index is -0.618. The van der Waals surface area contributed by atoms with E-state index in [1.807, 2.05) is 37.3 Å². The maximum absolute atomic E-state index is 11.8. The number of hydrogen-bond donors (Lipinski definition) is 0. The van der Waals surface area contributed by atoms with Gasteiger partial charge in [-0.2, -0.15) is 0 Å². The molecule has 1 aliphatic heterocycles. The summed E-state index contributed by atoms with van der Waals surface area (Å²) in [5.74, 6) is -1.77. The van der Waals surface area contributed by atoms with E-state index in [4.69, 9.17) is 9.57 Å². The van der Waals surface area contributed by atoms with Crippen LogP contribution >= 0.6 is 0 Å². The average Bonchev–Trinajstić information content (AvgIpc) is 2.95. The fraction of sp³-hybridized carbons (Fsp3) is 0.474. The number of hydrogen-bond acceptors (Lipinski definition) is 6. The van der Waals surface area contributed by atoms with Gasteiger partial charge in [-0.25, -0.2) is 4.79 Å². The van der Waals surface area contributed by atoms with Crippen molar-refractivity contribution in [2.75, 3.05) is 0 Å². The summed E-state index contributed by atoms with van der Waals surface area (Å²) < 4.78 is 5.20. The van der Waals surface area contributed by atoms with Crippen molar-refractivity contribution in [3.05, 3.63) is 35.9 Å². The first-order chi connectivity index (χ1) is 12.5. The zero-order chi connectivity index (χ0) is 18.9. The van der Waals surface area contributed by atoms with Gasteiger partial charge < -0.3 is 9.57 Å². The van der Waals surface area contributed by atoms with Gasteiger partial charge in [0.15, 0.2) is 0 Å². The maximum atomic E-state index is 11.8. The molecular formula is C19H23NO6. The third kappa shape index (κ3) is 6.31. The van der Waals surface area contributed by atoms with Gasteiger partial charge in [0, 0.05) is 25.7 Å². The predicted molar refractivity (Wildman–Crippen MR) is 91.0 cm³/mol. The van der Waals surface area contributed by atoms with E-state index in [0.717, 1.165) is 5.56 Å². The molecule has 1 heterocycles. The molecule has 2 rings (SSSR count). The zero-order valence-corrected chi connectivity index (χ0v) is 14.8. The van der Waals surface area contributed by atoms with Crippen LogP contribution in [0.1, 0.15) is 51.0 Å². The molecule has 1 aliphatic rings. The van der Waals surface area contributed by atoms with E-state index in [2.05, 4.69) is 0 Å². The Morgan fingerprint density at radius 2 is 1.58 bits per heavy atom. The van der Waals surface area contributed by atoms with Crippen LogP contribution in [-0.4, -0.2) is 28.8 Å². The van der Waals surface area contributed by atoms with Gasteiger partial charge in [0.05, 0.1) is 0 Å². The molecule has 0 aromatic heterocycles. The zero-order valence-electron chi connectivity index (χ0n) is 14.8. The van der Waals surface area contributed by atoms with Crippen molar-refractivity contribution < 1.29 is 28.8 Å². The van der Waals surface area contributed by atoms with Crippen LogP contribution in [0.5, 0.6) is 0 Å². The number of carbonyl (C=O) groups is 4. The van der Waals surface area contributed by atoms with Crippen LogP contribution in [0.4, 0.5) is 0 Å². The molecule has 1 aromatic rings. The van der Waals surface area contributed by atoms with Gasteiger partial charge in [-0.05, 0) is 24.3 Å². The molecule has 7 nitrogen and oxygen atoms in total. The minimum Gasteiger partial charge on any atom is -0.461 e. The molecule has 0 N–H and O–H groups in total. The molecule has 1 saturated heterocycles. The fourth-order valence-electron chi connectivity index (χ4n) is 2.49. The second-order valence-electron chi connectivity index (χ2n) is 6.37. The summed E-state index contributed by atoms with van der Waals surface area (Å²) in [6.45, 7) is 2.17. The van der Waals surface area contributed by atoms with E-state index >= 15 is 0 Å². The quantitative estimate of drug-likeness (QED) is 0.496. The SMILES string of the molecule is C[C@@H](CCC(=O)OCc1ccccc1)CCC(=O)ON1C(=O)CCC1=O. The van der Waals surface area contributed by atoms with Gasteiger partial charge in [0.1, 0.15) is 6.61 Å². The highest BCUT2D eigenvalue weighted by atomic mass is 16.7. The first-order valence-corrected chi connectivity index (χ1v) is 8.72. The molecule has 1 fully saturated rings. The third-order valence-electron chi connectivity index (χ3n) is 4.12. The van der Waals surface area contributed by atoms with Gasteiger partial charge >= 0.3 is 11.9 Å². The second-order valence-corrected chi connectivity index (χ2v) is 6.37. The minimum absolute atomic E-state index is 0.0770. The Morgan fingerprint density at radius 1 is 1.00 bits per heavy atom. The van der Waals surface area contributed by atoms with Crippen LogP contribution in [0, 0.1) is 5.92 Å². The van der Waals surface area contributed by atoms with Gasteiger partial charge in [0.25, 0.3) is 11.8 Å². The number of imide groups is 1. The topological polar surface area (TPSA) is 90.0 Å². The number of ether oxygens (including phenoxy) is 1. The number of carbonyl (C=O) groups excluding carboxylic acids is 4. The Hall–Kier alpha value is -2.70. The molecule has 26 heavy (non-hydrogen) atoms. The molecule has 0 spiro atoms. The number of amides is 2. The van der Waals surface area contributed by atoms with Crippen LogP contribution < -0.4 is 0 Å². The molecule has 1 atom stereocenters. The van der Waals surface area contributed by atoms with Crippen molar-refractivity contribution >= 4 is 23.8 Å². The predicted octanol–water partition coefficient (Wildman–Crippen LogP) is 2.53. The third-order valence-corrected chi connectivity index (χ3v) is 4.12. The van der Waals surface area contributed by atoms with Crippen molar-refractivity contribution in [3.8, 4) is 0 Å². The molecule has 1 aromatic carbocycles. The van der Waals surface area contributed by atoms with Crippen molar-refractivity contribution in [2.24, 2.45) is 5.92 Å². The van der Waals surface area contributed by atoms with E-state index in [-0.39, 0.29) is 44.2 Å². The van der Waals surface area contributed by atoms with E-state index in [0.29, 0.717) is 17.9 Å². The standard InChI is InChI=1S/C19H23NO6/c1-14(7-11-18(23)25-13-15-5-3-2-4-6-15)8-12-19(24)26-20-16(21)9-10-17(20)22/h2-6,14H,7-13H2,1H3/t14-/m0/s1. The summed E-state index contributed by atoms with van der Waals surface area (Å²) in [6, 6.07) is 9.43. The molecule has 0 saturated carbocycles. The lowest BCUT2D eigenvalue weighted by Gasteiger charge is -2.14. The van der Waals surface area contributed by atoms with Gasteiger partial charge in [-0.3, -0.25) is 14.4 Å². The van der Waals surface area contributed by atoms with E-state index in [1.165, 1.54) is 0 Å². The van der Waals surface area contributed by atoms with E-state index in [1.54, 1.807) is 0 Å². The number of hydroxylamine groups is 2. The summed E-state index contributed by atoms with van der Waals surface area (Å²) >= 11 is 0. The Morgan fingerprint density at radius 3 is 2.19 bits per heavy atom. The Labute approximate surface area is 152 Å². The number of esters is 1. The second kappa shape index (κ2) is 9.70. The van der Waals surface area contributed by atoms with Crippen molar-refractivity contribution in [3.63, 3.8) is 0 Å². The summed E-state index contributed by atoms with van der Waals surface area (Å²) in [7, 11) is 0. The van der Waals surface area contributed by atoms with Crippen LogP contribution in [0.3, 0.4) is 0 Å². The number of benzene rings is 1. The highest BCUT2D eigenvalue weighted by Gasteiger charge is 2.32. The Kier molecular flexibility index (Phi) is 7.32. The highest BCUT2D eigenvalue weighted by molar-refractivity contribution is 6.01. The van der Waals surface area contributed by atoms with E-state index in [9.17, 15) is 19.2 Å². The Balaban J connectivity index is 1.60. The van der Waals surface area contributed by atoms with Crippen LogP contribution in [-0.2, 0) is 35.4 Å². The maximum Gasteiger partial charge on any atom is 0.333 e. The molecule has 0 radical (unpaired) electrons. The average molecular weight is 361 g/mol.